The lowest BCUT2D eigenvalue weighted by atomic mass is 10.2. The highest BCUT2D eigenvalue weighted by atomic mass is 32.2. The number of ether oxygens (including phenoxy) is 2. The summed E-state index contributed by atoms with van der Waals surface area (Å²) in [4.78, 5) is 9.74. The summed E-state index contributed by atoms with van der Waals surface area (Å²) in [6.07, 6.45) is -0.404. The van der Waals surface area contributed by atoms with Crippen molar-refractivity contribution in [1.82, 2.24) is 5.01 Å². The lowest BCUT2D eigenvalue weighted by molar-refractivity contribution is -0.148. The first-order chi connectivity index (χ1) is 11.5. The molecule has 0 aromatic heterocycles. The van der Waals surface area contributed by atoms with E-state index in [1.54, 1.807) is 6.07 Å². The fourth-order valence-corrected chi connectivity index (χ4v) is 7.60. The molecule has 0 spiro atoms. The van der Waals surface area contributed by atoms with Crippen LogP contribution in [0, 0.1) is 0 Å². The Balaban J connectivity index is 2.83. The summed E-state index contributed by atoms with van der Waals surface area (Å²) in [5.74, 6) is 4.54. The van der Waals surface area contributed by atoms with E-state index in [1.807, 2.05) is 0 Å². The molecule has 25 heavy (non-hydrogen) atoms. The van der Waals surface area contributed by atoms with Crippen LogP contribution in [-0.2, 0) is 33.9 Å². The van der Waals surface area contributed by atoms with Crippen molar-refractivity contribution < 1.29 is 31.1 Å². The van der Waals surface area contributed by atoms with E-state index in [2.05, 4.69) is 4.74 Å². The monoisotopic (exact) mass is 392 g/mol. The minimum atomic E-state index is -4.34. The molecule has 3 atom stereocenters. The van der Waals surface area contributed by atoms with Gasteiger partial charge in [-0.15, -0.1) is 0 Å². The maximum absolute atomic E-state index is 13.2. The number of benzene rings is 1. The summed E-state index contributed by atoms with van der Waals surface area (Å²) in [5, 5.41) is -1.12. The molecule has 0 radical (unpaired) electrons. The largest absolute Gasteiger partial charge is 0.467 e. The Kier molecular flexibility index (Phi) is 5.26. The summed E-state index contributed by atoms with van der Waals surface area (Å²) >= 11 is 0. The van der Waals surface area contributed by atoms with Crippen molar-refractivity contribution in [1.29, 1.82) is 0 Å². The molecule has 0 aliphatic carbocycles. The Labute approximate surface area is 146 Å². The zero-order valence-corrected chi connectivity index (χ0v) is 15.6. The second-order valence-corrected chi connectivity index (χ2v) is 9.90. The van der Waals surface area contributed by atoms with Crippen LogP contribution in [0.15, 0.2) is 35.2 Å². The molecule has 1 aliphatic heterocycles. The molecule has 0 saturated carbocycles. The van der Waals surface area contributed by atoms with Crippen molar-refractivity contribution in [2.45, 2.75) is 21.1 Å². The molecule has 140 valence electrons. The summed E-state index contributed by atoms with van der Waals surface area (Å²) in [6, 6.07) is 7.21. The molecule has 1 aromatic rings. The minimum absolute atomic E-state index is 0.144. The van der Waals surface area contributed by atoms with Crippen molar-refractivity contribution in [2.75, 3.05) is 27.0 Å². The molecule has 1 heterocycles. The smallest absolute Gasteiger partial charge is 0.344 e. The van der Waals surface area contributed by atoms with Crippen LogP contribution in [0.1, 0.15) is 0 Å². The SMILES string of the molecule is COC(=O)[C@@]1(S(C)(=O)=O)C(S(=O)(=O)c2ccccc2)[C@@H](OC)CN1N. The molecule has 0 amide bonds. The number of methoxy groups -OCH3 is 2. The van der Waals surface area contributed by atoms with Gasteiger partial charge in [-0.1, -0.05) is 18.2 Å². The third-order valence-corrected chi connectivity index (χ3v) is 8.46. The van der Waals surface area contributed by atoms with E-state index in [1.165, 1.54) is 31.4 Å². The van der Waals surface area contributed by atoms with E-state index in [0.29, 0.717) is 5.01 Å². The van der Waals surface area contributed by atoms with Crippen LogP contribution in [0.3, 0.4) is 0 Å². The van der Waals surface area contributed by atoms with Gasteiger partial charge in [-0.25, -0.2) is 26.6 Å². The normalized spacial score (nSPS) is 28.0. The highest BCUT2D eigenvalue weighted by Gasteiger charge is 2.70. The van der Waals surface area contributed by atoms with Crippen LogP contribution in [0.25, 0.3) is 0 Å². The number of hydrazine groups is 1. The zero-order valence-electron chi connectivity index (χ0n) is 13.9. The number of sulfone groups is 2. The van der Waals surface area contributed by atoms with E-state index < -0.39 is 41.9 Å². The van der Waals surface area contributed by atoms with Gasteiger partial charge < -0.3 is 9.47 Å². The first-order valence-corrected chi connectivity index (χ1v) is 10.6. The second-order valence-electron chi connectivity index (χ2n) is 5.67. The second kappa shape index (κ2) is 6.65. The van der Waals surface area contributed by atoms with Crippen molar-refractivity contribution in [3.63, 3.8) is 0 Å². The highest BCUT2D eigenvalue weighted by Crippen LogP contribution is 2.41. The average Bonchev–Trinajstić information content (AvgIpc) is 2.88. The topological polar surface area (TPSA) is 133 Å². The predicted molar refractivity (Wildman–Crippen MR) is 88.7 cm³/mol. The number of hydrogen-bond acceptors (Lipinski definition) is 9. The molecule has 0 bridgehead atoms. The van der Waals surface area contributed by atoms with Crippen molar-refractivity contribution in [3.05, 3.63) is 30.3 Å². The third kappa shape index (κ3) is 2.85. The molecule has 2 rings (SSSR count). The van der Waals surface area contributed by atoms with Gasteiger partial charge in [0, 0.05) is 19.9 Å². The van der Waals surface area contributed by atoms with Gasteiger partial charge in [0.15, 0.2) is 19.7 Å². The Hall–Kier alpha value is -1.53. The molecular formula is C14H20N2O7S2. The standard InChI is InChI=1S/C14H20N2O7S2/c1-22-11-9-16(15)14(13(17)23-2,24(3,18)19)12(11)25(20,21)10-7-5-4-6-8-10/h4-8,11-12H,9,15H2,1-3H3/t11-,12?,14-/m0/s1. The van der Waals surface area contributed by atoms with Crippen LogP contribution in [0.2, 0.25) is 0 Å². The maximum atomic E-state index is 13.2. The van der Waals surface area contributed by atoms with E-state index in [-0.39, 0.29) is 11.4 Å². The Morgan fingerprint density at radius 3 is 2.20 bits per heavy atom. The summed E-state index contributed by atoms with van der Waals surface area (Å²) in [7, 11) is -6.45. The molecule has 1 unspecified atom stereocenters. The van der Waals surface area contributed by atoms with E-state index in [0.717, 1.165) is 13.4 Å². The Morgan fingerprint density at radius 2 is 1.76 bits per heavy atom. The van der Waals surface area contributed by atoms with Gasteiger partial charge in [-0.3, -0.25) is 5.84 Å². The highest BCUT2D eigenvalue weighted by molar-refractivity contribution is 7.96. The number of esters is 1. The van der Waals surface area contributed by atoms with Gasteiger partial charge in [-0.2, -0.15) is 0 Å². The molecular weight excluding hydrogens is 372 g/mol. The van der Waals surface area contributed by atoms with Crippen molar-refractivity contribution >= 4 is 25.6 Å². The zero-order chi connectivity index (χ0) is 19.0. The molecule has 2 N–H and O–H groups in total. The Bertz CT molecular complexity index is 854. The van der Waals surface area contributed by atoms with Gasteiger partial charge in [0.05, 0.1) is 18.1 Å². The first kappa shape index (κ1) is 19.8. The van der Waals surface area contributed by atoms with Crippen LogP contribution in [0.4, 0.5) is 0 Å². The first-order valence-electron chi connectivity index (χ1n) is 7.17. The summed E-state index contributed by atoms with van der Waals surface area (Å²) in [5.41, 5.74) is 0. The van der Waals surface area contributed by atoms with Crippen LogP contribution >= 0.6 is 0 Å². The molecule has 1 aromatic carbocycles. The van der Waals surface area contributed by atoms with Crippen molar-refractivity contribution in [2.24, 2.45) is 5.84 Å². The van der Waals surface area contributed by atoms with Crippen LogP contribution < -0.4 is 5.84 Å². The minimum Gasteiger partial charge on any atom is -0.467 e. The Morgan fingerprint density at radius 1 is 1.20 bits per heavy atom. The van der Waals surface area contributed by atoms with Gasteiger partial charge in [0.2, 0.25) is 0 Å². The molecule has 1 fully saturated rings. The average molecular weight is 392 g/mol. The lowest BCUT2D eigenvalue weighted by Gasteiger charge is -2.35. The molecule has 1 aliphatic rings. The lowest BCUT2D eigenvalue weighted by Crippen LogP contribution is -2.66. The third-order valence-electron chi connectivity index (χ3n) is 4.28. The van der Waals surface area contributed by atoms with Gasteiger partial charge in [-0.05, 0) is 12.1 Å². The number of carbonyl (C=O) groups excluding carboxylic acids is 1. The summed E-state index contributed by atoms with van der Waals surface area (Å²) in [6.45, 7) is -0.282. The molecule has 1 saturated heterocycles. The molecule has 9 nitrogen and oxygen atoms in total. The number of carbonyl (C=O) groups is 1. The van der Waals surface area contributed by atoms with Gasteiger partial charge in [0.25, 0.3) is 4.87 Å². The number of hydrogen-bond donors (Lipinski definition) is 1. The fourth-order valence-electron chi connectivity index (χ4n) is 3.16. The van der Waals surface area contributed by atoms with E-state index >= 15 is 0 Å². The number of nitrogens with two attached hydrogens (primary N) is 1. The maximum Gasteiger partial charge on any atom is 0.344 e. The van der Waals surface area contributed by atoms with E-state index in [9.17, 15) is 21.6 Å². The van der Waals surface area contributed by atoms with Gasteiger partial charge >= 0.3 is 5.97 Å². The molecule has 11 heteroatoms. The van der Waals surface area contributed by atoms with E-state index in [4.69, 9.17) is 10.6 Å². The fraction of sp³-hybridized carbons (Fsp3) is 0.500. The van der Waals surface area contributed by atoms with Crippen LogP contribution in [0.5, 0.6) is 0 Å². The van der Waals surface area contributed by atoms with Crippen LogP contribution in [-0.4, -0.2) is 71.1 Å². The summed E-state index contributed by atoms with van der Waals surface area (Å²) < 4.78 is 61.3. The predicted octanol–water partition coefficient (Wildman–Crippen LogP) is -1.05. The van der Waals surface area contributed by atoms with Crippen molar-refractivity contribution in [3.8, 4) is 0 Å². The quantitative estimate of drug-likeness (QED) is 0.492. The number of rotatable bonds is 5. The van der Waals surface area contributed by atoms with Gasteiger partial charge in [0.1, 0.15) is 5.25 Å². The number of nitrogens with zero attached hydrogens (tertiary/aromatic N) is 1.